The largest absolute Gasteiger partial charge is 0.494 e. The molecule has 0 radical (unpaired) electrons. The van der Waals surface area contributed by atoms with Gasteiger partial charge in [0.05, 0.1) is 24.9 Å². The third-order valence-corrected chi connectivity index (χ3v) is 8.54. The van der Waals surface area contributed by atoms with Crippen molar-refractivity contribution < 1.29 is 9.13 Å². The average molecular weight is 458 g/mol. The van der Waals surface area contributed by atoms with Gasteiger partial charge in [0.2, 0.25) is 0 Å². The number of methoxy groups -OCH3 is 1. The Hall–Kier alpha value is -3.35. The van der Waals surface area contributed by atoms with E-state index < -0.39 is 6.67 Å². The summed E-state index contributed by atoms with van der Waals surface area (Å²) in [5, 5.41) is 0.974. The van der Waals surface area contributed by atoms with E-state index in [-0.39, 0.29) is 6.54 Å². The van der Waals surface area contributed by atoms with Crippen LogP contribution in [0.25, 0.3) is 39.3 Å². The van der Waals surface area contributed by atoms with E-state index in [0.717, 1.165) is 74.9 Å². The van der Waals surface area contributed by atoms with Crippen LogP contribution in [0.1, 0.15) is 18.4 Å². The van der Waals surface area contributed by atoms with Crippen LogP contribution in [0.2, 0.25) is 0 Å². The van der Waals surface area contributed by atoms with Crippen molar-refractivity contribution in [3.8, 4) is 17.3 Å². The van der Waals surface area contributed by atoms with Gasteiger partial charge in [-0.1, -0.05) is 6.58 Å². The van der Waals surface area contributed by atoms with Crippen LogP contribution in [0.3, 0.4) is 0 Å². The Morgan fingerprint density at radius 1 is 1.24 bits per heavy atom. The van der Waals surface area contributed by atoms with Crippen LogP contribution in [0.4, 0.5) is 4.39 Å². The molecule has 3 aromatic heterocycles. The Morgan fingerprint density at radius 2 is 2.12 bits per heavy atom. The zero-order chi connectivity index (χ0) is 23.1. The van der Waals surface area contributed by atoms with Gasteiger partial charge < -0.3 is 18.8 Å². The minimum absolute atomic E-state index is 0.234. The lowest BCUT2D eigenvalue weighted by Crippen LogP contribution is -2.52. The molecular formula is C27H28FN5O. The molecule has 1 unspecified atom stereocenters. The quantitative estimate of drug-likeness (QED) is 0.414. The van der Waals surface area contributed by atoms with Crippen LogP contribution in [0.15, 0.2) is 43.1 Å². The van der Waals surface area contributed by atoms with Crippen LogP contribution in [-0.4, -0.2) is 50.4 Å². The Bertz CT molecular complexity index is 1470. The minimum atomic E-state index is -0.468. The Kier molecular flexibility index (Phi) is 4.17. The first-order chi connectivity index (χ1) is 16.6. The Morgan fingerprint density at radius 3 is 2.88 bits per heavy atom. The molecule has 3 fully saturated rings. The summed E-state index contributed by atoms with van der Waals surface area (Å²) in [6.45, 7) is 5.38. The van der Waals surface area contributed by atoms with E-state index in [4.69, 9.17) is 9.72 Å². The first-order valence-corrected chi connectivity index (χ1v) is 12.1. The first-order valence-electron chi connectivity index (χ1n) is 12.1. The van der Waals surface area contributed by atoms with Gasteiger partial charge in [0, 0.05) is 42.5 Å². The molecule has 0 spiro atoms. The summed E-state index contributed by atoms with van der Waals surface area (Å²) in [6, 6.07) is 10.8. The number of imidazole rings is 1. The number of likely N-dealkylation sites (tertiary alicyclic amines) is 1. The lowest BCUT2D eigenvalue weighted by atomic mass is 9.53. The van der Waals surface area contributed by atoms with Crippen molar-refractivity contribution in [3.05, 3.63) is 48.7 Å². The van der Waals surface area contributed by atoms with Crippen molar-refractivity contribution in [2.75, 3.05) is 20.3 Å². The average Bonchev–Trinajstić information content (AvgIpc) is 3.36. The van der Waals surface area contributed by atoms with Crippen molar-refractivity contribution in [1.82, 2.24) is 24.0 Å². The van der Waals surface area contributed by atoms with E-state index in [1.807, 2.05) is 34.4 Å². The molecule has 7 heteroatoms. The van der Waals surface area contributed by atoms with E-state index in [1.54, 1.807) is 13.3 Å². The lowest BCUT2D eigenvalue weighted by molar-refractivity contribution is -0.0151. The first kappa shape index (κ1) is 20.1. The molecule has 4 heterocycles. The molecule has 0 N–H and O–H groups in total. The highest BCUT2D eigenvalue weighted by Crippen LogP contribution is 2.62. The number of hydrogen-bond donors (Lipinski definition) is 0. The summed E-state index contributed by atoms with van der Waals surface area (Å²) >= 11 is 0. The fourth-order valence-corrected chi connectivity index (χ4v) is 6.89. The van der Waals surface area contributed by atoms with Gasteiger partial charge in [0.1, 0.15) is 23.6 Å². The molecule has 174 valence electrons. The second-order valence-corrected chi connectivity index (χ2v) is 10.1. The number of aryl methyl sites for hydroxylation is 2. The highest BCUT2D eigenvalue weighted by molar-refractivity contribution is 5.91. The summed E-state index contributed by atoms with van der Waals surface area (Å²) in [6.07, 6.45) is 4.44. The molecule has 34 heavy (non-hydrogen) atoms. The van der Waals surface area contributed by atoms with E-state index in [1.165, 1.54) is 12.8 Å². The minimum Gasteiger partial charge on any atom is -0.494 e. The van der Waals surface area contributed by atoms with Crippen molar-refractivity contribution in [3.63, 3.8) is 0 Å². The molecular weight excluding hydrogens is 429 g/mol. The Labute approximate surface area is 197 Å². The summed E-state index contributed by atoms with van der Waals surface area (Å²) in [7, 11) is 3.68. The van der Waals surface area contributed by atoms with E-state index in [9.17, 15) is 4.39 Å². The molecule has 1 aromatic carbocycles. The van der Waals surface area contributed by atoms with Gasteiger partial charge in [-0.15, -0.1) is 0 Å². The number of halogens is 1. The number of nitrogens with zero attached hydrogens (tertiary/aromatic N) is 5. The predicted octanol–water partition coefficient (Wildman–Crippen LogP) is 4.88. The maximum absolute atomic E-state index is 13.5. The molecule has 2 saturated carbocycles. The van der Waals surface area contributed by atoms with Gasteiger partial charge in [-0.25, -0.2) is 14.4 Å². The number of fused-ring (bicyclic) bond motifs is 2. The van der Waals surface area contributed by atoms with Crippen LogP contribution < -0.4 is 4.74 Å². The third-order valence-electron chi connectivity index (χ3n) is 8.54. The molecule has 7 rings (SSSR count). The standard InChI is InChI=1S/C27H28FN5O/c1-15(33-14-19-9-18-12-21(33)24(18)19)17-10-20-25(23(13-17)34-3)31(2)27(30-20)22-11-16-5-4-7-29-26(16)32(22)8-6-28/h4-5,7,10-11,13,18-19,21,24H,1,6,8-9,12,14H2,2-3H3/t18?,19-,21-,24-/m1/s1. The van der Waals surface area contributed by atoms with Crippen LogP contribution in [-0.2, 0) is 13.6 Å². The number of benzene rings is 1. The van der Waals surface area contributed by atoms with Crippen molar-refractivity contribution in [2.24, 2.45) is 24.8 Å². The highest BCUT2D eigenvalue weighted by Gasteiger charge is 2.60. The topological polar surface area (TPSA) is 48.1 Å². The SMILES string of the molecule is C=C(c1cc(OC)c2c(c1)nc(-c1cc3cccnc3n1CCF)n2C)N1C[C@H]2CC3C[C@@H]1[C@H]32. The van der Waals surface area contributed by atoms with Gasteiger partial charge in [-0.2, -0.15) is 0 Å². The molecule has 4 aromatic rings. The van der Waals surface area contributed by atoms with E-state index in [2.05, 4.69) is 28.6 Å². The predicted molar refractivity (Wildman–Crippen MR) is 131 cm³/mol. The maximum atomic E-state index is 13.5. The lowest BCUT2D eigenvalue weighted by Gasteiger charge is -2.53. The van der Waals surface area contributed by atoms with Crippen LogP contribution in [0, 0.1) is 17.8 Å². The molecule has 4 atom stereocenters. The second-order valence-electron chi connectivity index (χ2n) is 10.1. The van der Waals surface area contributed by atoms with Crippen LogP contribution in [0.5, 0.6) is 5.75 Å². The number of rotatable bonds is 6. The molecule has 3 aliphatic rings. The summed E-state index contributed by atoms with van der Waals surface area (Å²) in [4.78, 5) is 12.0. The van der Waals surface area contributed by atoms with Gasteiger partial charge in [0.25, 0.3) is 0 Å². The van der Waals surface area contributed by atoms with Crippen LogP contribution >= 0.6 is 0 Å². The van der Waals surface area contributed by atoms with Gasteiger partial charge in [-0.05, 0) is 60.9 Å². The van der Waals surface area contributed by atoms with Gasteiger partial charge in [0.15, 0.2) is 5.82 Å². The third kappa shape index (κ3) is 2.55. The monoisotopic (exact) mass is 457 g/mol. The number of ether oxygens (including phenoxy) is 1. The molecule has 1 saturated heterocycles. The Balaban J connectivity index is 1.35. The van der Waals surface area contributed by atoms with E-state index >= 15 is 0 Å². The number of pyridine rings is 1. The molecule has 0 amide bonds. The van der Waals surface area contributed by atoms with Crippen molar-refractivity contribution in [1.29, 1.82) is 0 Å². The highest BCUT2D eigenvalue weighted by atomic mass is 19.1. The second kappa shape index (κ2) is 7.08. The fraction of sp³-hybridized carbons (Fsp3) is 0.407. The molecule has 1 aliphatic heterocycles. The maximum Gasteiger partial charge on any atom is 0.157 e. The summed E-state index contributed by atoms with van der Waals surface area (Å²) in [5.41, 5.74) is 5.52. The summed E-state index contributed by atoms with van der Waals surface area (Å²) < 4.78 is 23.3. The number of aromatic nitrogens is 4. The summed E-state index contributed by atoms with van der Waals surface area (Å²) in [5.74, 6) is 4.22. The van der Waals surface area contributed by atoms with Crippen molar-refractivity contribution in [2.45, 2.75) is 25.4 Å². The molecule has 0 bridgehead atoms. The zero-order valence-electron chi connectivity index (χ0n) is 19.5. The zero-order valence-corrected chi connectivity index (χ0v) is 19.5. The van der Waals surface area contributed by atoms with Crippen molar-refractivity contribution >= 4 is 27.8 Å². The smallest absolute Gasteiger partial charge is 0.157 e. The number of alkyl halides is 1. The molecule has 2 aliphatic carbocycles. The number of hydrogen-bond acceptors (Lipinski definition) is 4. The van der Waals surface area contributed by atoms with E-state index in [0.29, 0.717) is 6.04 Å². The molecule has 6 nitrogen and oxygen atoms in total. The van der Waals surface area contributed by atoms with Gasteiger partial charge >= 0.3 is 0 Å². The van der Waals surface area contributed by atoms with Gasteiger partial charge in [-0.3, -0.25) is 0 Å². The normalized spacial score (nSPS) is 24.9. The fourth-order valence-electron chi connectivity index (χ4n) is 6.89.